The van der Waals surface area contributed by atoms with E-state index >= 15 is 0 Å². The molecule has 1 heterocycles. The molecule has 1 aliphatic rings. The van der Waals surface area contributed by atoms with E-state index < -0.39 is 0 Å². The highest BCUT2D eigenvalue weighted by Crippen LogP contribution is 2.38. The summed E-state index contributed by atoms with van der Waals surface area (Å²) in [6.07, 6.45) is 5.12. The largest absolute Gasteiger partial charge is 0.381 e. The summed E-state index contributed by atoms with van der Waals surface area (Å²) >= 11 is 0. The molecule has 1 aliphatic heterocycles. The fraction of sp³-hybridized carbons (Fsp3) is 1.00. The van der Waals surface area contributed by atoms with Crippen LogP contribution in [0.4, 0.5) is 0 Å². The first-order valence-electron chi connectivity index (χ1n) is 6.76. The minimum atomic E-state index is 0.456. The molecular formula is C14H29NO. The molecule has 0 saturated carbocycles. The number of rotatable bonds is 5. The number of nitrogens with one attached hydrogen (secondary N) is 1. The Labute approximate surface area is 101 Å². The fourth-order valence-corrected chi connectivity index (χ4v) is 2.35. The second-order valence-corrected chi connectivity index (χ2v) is 6.45. The molecule has 0 aromatic heterocycles. The number of ether oxygens (including phenoxy) is 1. The molecule has 2 heteroatoms. The van der Waals surface area contributed by atoms with Crippen molar-refractivity contribution in [1.82, 2.24) is 5.32 Å². The molecule has 0 bridgehead atoms. The van der Waals surface area contributed by atoms with Crippen LogP contribution in [-0.4, -0.2) is 26.3 Å². The minimum Gasteiger partial charge on any atom is -0.381 e. The lowest BCUT2D eigenvalue weighted by Gasteiger charge is -2.39. The van der Waals surface area contributed by atoms with Crippen molar-refractivity contribution in [2.24, 2.45) is 10.8 Å². The first-order valence-corrected chi connectivity index (χ1v) is 6.76. The number of hydrogen-bond donors (Lipinski definition) is 1. The molecule has 0 spiro atoms. The molecule has 1 N–H and O–H groups in total. The van der Waals surface area contributed by atoms with E-state index in [0.717, 1.165) is 19.8 Å². The van der Waals surface area contributed by atoms with E-state index in [4.69, 9.17) is 4.74 Å². The second kappa shape index (κ2) is 6.02. The van der Waals surface area contributed by atoms with Gasteiger partial charge in [-0.25, -0.2) is 0 Å². The maximum absolute atomic E-state index is 5.51. The third kappa shape index (κ3) is 4.84. The Morgan fingerprint density at radius 2 is 1.81 bits per heavy atom. The summed E-state index contributed by atoms with van der Waals surface area (Å²) in [7, 11) is 0. The average molecular weight is 227 g/mol. The average Bonchev–Trinajstić information content (AvgIpc) is 2.24. The first kappa shape index (κ1) is 14.0. The van der Waals surface area contributed by atoms with Crippen molar-refractivity contribution in [3.63, 3.8) is 0 Å². The van der Waals surface area contributed by atoms with Crippen molar-refractivity contribution in [2.45, 2.75) is 53.4 Å². The summed E-state index contributed by atoms with van der Waals surface area (Å²) < 4.78 is 5.51. The van der Waals surface area contributed by atoms with Crippen LogP contribution in [0, 0.1) is 10.8 Å². The van der Waals surface area contributed by atoms with Gasteiger partial charge in [-0.2, -0.15) is 0 Å². The Morgan fingerprint density at radius 1 is 1.19 bits per heavy atom. The summed E-state index contributed by atoms with van der Waals surface area (Å²) in [5.74, 6) is 0. The van der Waals surface area contributed by atoms with E-state index in [9.17, 15) is 0 Å². The summed E-state index contributed by atoms with van der Waals surface area (Å²) in [5, 5.41) is 3.54. The zero-order chi connectivity index (χ0) is 12.1. The van der Waals surface area contributed by atoms with Crippen molar-refractivity contribution in [3.05, 3.63) is 0 Å². The molecule has 0 aliphatic carbocycles. The highest BCUT2D eigenvalue weighted by Gasteiger charge is 2.32. The Bertz CT molecular complexity index is 189. The van der Waals surface area contributed by atoms with E-state index in [1.165, 1.54) is 32.2 Å². The molecule has 16 heavy (non-hydrogen) atoms. The standard InChI is InChI=1S/C14H29NO/c1-5-15-12-14(7-6-13(2,3)4)8-10-16-11-9-14/h15H,5-12H2,1-4H3. The van der Waals surface area contributed by atoms with Crippen molar-refractivity contribution >= 4 is 0 Å². The quantitative estimate of drug-likeness (QED) is 0.778. The predicted molar refractivity (Wildman–Crippen MR) is 69.7 cm³/mol. The van der Waals surface area contributed by atoms with Crippen LogP contribution in [0.3, 0.4) is 0 Å². The molecule has 0 unspecified atom stereocenters. The first-order chi connectivity index (χ1) is 7.47. The smallest absolute Gasteiger partial charge is 0.0471 e. The van der Waals surface area contributed by atoms with Crippen LogP contribution in [-0.2, 0) is 4.74 Å². The second-order valence-electron chi connectivity index (χ2n) is 6.45. The van der Waals surface area contributed by atoms with E-state index in [0.29, 0.717) is 10.8 Å². The van der Waals surface area contributed by atoms with Crippen LogP contribution in [0.25, 0.3) is 0 Å². The monoisotopic (exact) mass is 227 g/mol. The third-order valence-electron chi connectivity index (χ3n) is 3.71. The lowest BCUT2D eigenvalue weighted by Crippen LogP contribution is -2.39. The number of hydrogen-bond acceptors (Lipinski definition) is 2. The molecule has 96 valence electrons. The van der Waals surface area contributed by atoms with Crippen LogP contribution in [0.5, 0.6) is 0 Å². The highest BCUT2D eigenvalue weighted by molar-refractivity contribution is 4.85. The Balaban J connectivity index is 2.48. The maximum Gasteiger partial charge on any atom is 0.0471 e. The van der Waals surface area contributed by atoms with Crippen LogP contribution in [0.1, 0.15) is 53.4 Å². The highest BCUT2D eigenvalue weighted by atomic mass is 16.5. The van der Waals surface area contributed by atoms with Gasteiger partial charge >= 0.3 is 0 Å². The summed E-state index contributed by atoms with van der Waals surface area (Å²) in [6, 6.07) is 0. The molecule has 0 aromatic carbocycles. The Hall–Kier alpha value is -0.0800. The van der Waals surface area contributed by atoms with Crippen molar-refractivity contribution in [2.75, 3.05) is 26.3 Å². The van der Waals surface area contributed by atoms with E-state index in [1.54, 1.807) is 0 Å². The van der Waals surface area contributed by atoms with Crippen molar-refractivity contribution in [3.8, 4) is 0 Å². The third-order valence-corrected chi connectivity index (χ3v) is 3.71. The normalized spacial score (nSPS) is 21.0. The molecule has 0 atom stereocenters. The van der Waals surface area contributed by atoms with Gasteiger partial charge in [0.15, 0.2) is 0 Å². The van der Waals surface area contributed by atoms with Crippen LogP contribution < -0.4 is 5.32 Å². The van der Waals surface area contributed by atoms with Gasteiger partial charge in [0.05, 0.1) is 0 Å². The molecule has 0 radical (unpaired) electrons. The van der Waals surface area contributed by atoms with Gasteiger partial charge in [0.2, 0.25) is 0 Å². The van der Waals surface area contributed by atoms with Gasteiger partial charge < -0.3 is 10.1 Å². The molecule has 2 nitrogen and oxygen atoms in total. The van der Waals surface area contributed by atoms with Crippen LogP contribution in [0.2, 0.25) is 0 Å². The Morgan fingerprint density at radius 3 is 2.31 bits per heavy atom. The molecule has 1 saturated heterocycles. The zero-order valence-corrected chi connectivity index (χ0v) is 11.6. The molecule has 0 amide bonds. The SMILES string of the molecule is CCNCC1(CCC(C)(C)C)CCOCC1. The van der Waals surface area contributed by atoms with Gasteiger partial charge in [-0.3, -0.25) is 0 Å². The summed E-state index contributed by atoms with van der Waals surface area (Å²) in [4.78, 5) is 0. The maximum atomic E-state index is 5.51. The van der Waals surface area contributed by atoms with E-state index in [-0.39, 0.29) is 0 Å². The minimum absolute atomic E-state index is 0.456. The summed E-state index contributed by atoms with van der Waals surface area (Å²) in [5.41, 5.74) is 0.957. The summed E-state index contributed by atoms with van der Waals surface area (Å²) in [6.45, 7) is 13.4. The Kier molecular flexibility index (Phi) is 5.26. The molecule has 1 rings (SSSR count). The van der Waals surface area contributed by atoms with Crippen LogP contribution >= 0.6 is 0 Å². The van der Waals surface area contributed by atoms with Gasteiger partial charge in [0.1, 0.15) is 0 Å². The molecule has 0 aromatic rings. The zero-order valence-electron chi connectivity index (χ0n) is 11.6. The van der Waals surface area contributed by atoms with Gasteiger partial charge in [-0.1, -0.05) is 27.7 Å². The van der Waals surface area contributed by atoms with Gasteiger partial charge in [-0.05, 0) is 43.1 Å². The van der Waals surface area contributed by atoms with Crippen molar-refractivity contribution in [1.29, 1.82) is 0 Å². The predicted octanol–water partition coefficient (Wildman–Crippen LogP) is 3.22. The van der Waals surface area contributed by atoms with Crippen LogP contribution in [0.15, 0.2) is 0 Å². The molecule has 1 fully saturated rings. The topological polar surface area (TPSA) is 21.3 Å². The van der Waals surface area contributed by atoms with Gasteiger partial charge in [0, 0.05) is 19.8 Å². The molecular weight excluding hydrogens is 198 g/mol. The van der Waals surface area contributed by atoms with E-state index in [1.807, 2.05) is 0 Å². The van der Waals surface area contributed by atoms with Gasteiger partial charge in [-0.15, -0.1) is 0 Å². The lowest BCUT2D eigenvalue weighted by atomic mass is 9.72. The fourth-order valence-electron chi connectivity index (χ4n) is 2.35. The lowest BCUT2D eigenvalue weighted by molar-refractivity contribution is 0.00545. The van der Waals surface area contributed by atoms with E-state index in [2.05, 4.69) is 33.0 Å². The van der Waals surface area contributed by atoms with Gasteiger partial charge in [0.25, 0.3) is 0 Å². The van der Waals surface area contributed by atoms with Crippen molar-refractivity contribution < 1.29 is 4.74 Å².